The number of ether oxygens (including phenoxy) is 1. The number of hydrogen-bond acceptors (Lipinski definition) is 6. The Morgan fingerprint density at radius 1 is 1.04 bits per heavy atom. The molecule has 2 aromatic heterocycles. The zero-order chi connectivity index (χ0) is 19.4. The number of hydrogen-bond donors (Lipinski definition) is 3. The van der Waals surface area contributed by atoms with Crippen LogP contribution in [-0.2, 0) is 0 Å². The molecule has 2 heterocycles. The fourth-order valence-corrected chi connectivity index (χ4v) is 2.82. The van der Waals surface area contributed by atoms with E-state index in [2.05, 4.69) is 15.2 Å². The summed E-state index contributed by atoms with van der Waals surface area (Å²) in [4.78, 5) is 4.36. The number of aliphatic hydroxyl groups is 2. The van der Waals surface area contributed by atoms with Crippen molar-refractivity contribution in [1.29, 1.82) is 5.26 Å². The van der Waals surface area contributed by atoms with E-state index in [9.17, 15) is 10.2 Å². The molecule has 0 saturated heterocycles. The Balaban J connectivity index is 1.52. The van der Waals surface area contributed by atoms with Gasteiger partial charge in [-0.3, -0.25) is 10.1 Å². The second kappa shape index (κ2) is 11.3. The molecule has 0 aliphatic rings. The molecule has 0 aliphatic carbocycles. The molecule has 0 unspecified atom stereocenters. The summed E-state index contributed by atoms with van der Waals surface area (Å²) in [7, 11) is 0. The van der Waals surface area contributed by atoms with Crippen molar-refractivity contribution < 1.29 is 14.9 Å². The van der Waals surface area contributed by atoms with Gasteiger partial charge in [-0.05, 0) is 31.0 Å². The maximum atomic E-state index is 9.23. The molecule has 0 atom stereocenters. The molecule has 7 nitrogen and oxygen atoms in total. The number of nitrogens with zero attached hydrogens (tertiary/aromatic N) is 3. The summed E-state index contributed by atoms with van der Waals surface area (Å²) in [6.07, 6.45) is 10.1. The van der Waals surface area contributed by atoms with E-state index < -0.39 is 5.41 Å². The zero-order valence-corrected chi connectivity index (χ0v) is 15.6. The number of H-pyrrole nitrogens is 1. The number of pyridine rings is 1. The first kappa shape index (κ1) is 20.9. The van der Waals surface area contributed by atoms with E-state index >= 15 is 0 Å². The average molecular weight is 372 g/mol. The van der Waals surface area contributed by atoms with Gasteiger partial charge in [0.05, 0.1) is 43.5 Å². The first-order valence-electron chi connectivity index (χ1n) is 9.44. The molecule has 0 radical (unpaired) electrons. The number of nitrogens with one attached hydrogen (secondary N) is 1. The van der Waals surface area contributed by atoms with Crippen LogP contribution in [0.25, 0.3) is 11.4 Å². The molecule has 3 N–H and O–H groups in total. The standard InChI is InChI=1S/C20H28N4O3/c21-14-20(15-25,16-26)10-5-3-1-2-4-6-12-27-17-7-8-18(22-13-17)19-9-11-23-24-19/h7-9,11,13,25-26H,1-6,10,12,15-16H2,(H,23,24). The van der Waals surface area contributed by atoms with E-state index in [1.165, 1.54) is 0 Å². The minimum absolute atomic E-state index is 0.283. The zero-order valence-electron chi connectivity index (χ0n) is 15.6. The molecule has 27 heavy (non-hydrogen) atoms. The predicted molar refractivity (Wildman–Crippen MR) is 102 cm³/mol. The van der Waals surface area contributed by atoms with Crippen LogP contribution >= 0.6 is 0 Å². The number of rotatable bonds is 13. The fraction of sp³-hybridized carbons (Fsp3) is 0.550. The maximum Gasteiger partial charge on any atom is 0.137 e. The van der Waals surface area contributed by atoms with Crippen molar-refractivity contribution in [3.05, 3.63) is 30.6 Å². The lowest BCUT2D eigenvalue weighted by atomic mass is 9.85. The van der Waals surface area contributed by atoms with Crippen LogP contribution in [0.3, 0.4) is 0 Å². The highest BCUT2D eigenvalue weighted by Crippen LogP contribution is 2.23. The first-order valence-corrected chi connectivity index (χ1v) is 9.44. The number of aromatic amines is 1. The van der Waals surface area contributed by atoms with Crippen LogP contribution in [0.15, 0.2) is 30.6 Å². The van der Waals surface area contributed by atoms with Gasteiger partial charge >= 0.3 is 0 Å². The summed E-state index contributed by atoms with van der Waals surface area (Å²) < 4.78 is 5.71. The Morgan fingerprint density at radius 3 is 2.37 bits per heavy atom. The number of aliphatic hydroxyl groups excluding tert-OH is 2. The number of unbranched alkanes of at least 4 members (excludes halogenated alkanes) is 5. The third-order valence-electron chi connectivity index (χ3n) is 4.67. The van der Waals surface area contributed by atoms with Crippen molar-refractivity contribution in [1.82, 2.24) is 15.2 Å². The molecule has 0 fully saturated rings. The summed E-state index contributed by atoms with van der Waals surface area (Å²) in [6, 6.07) is 7.72. The normalized spacial score (nSPS) is 11.3. The smallest absolute Gasteiger partial charge is 0.137 e. The molecule has 0 aliphatic heterocycles. The molecule has 2 rings (SSSR count). The molecular formula is C20H28N4O3. The molecule has 146 valence electrons. The van der Waals surface area contributed by atoms with Crippen LogP contribution < -0.4 is 4.74 Å². The van der Waals surface area contributed by atoms with E-state index in [0.717, 1.165) is 55.7 Å². The fourth-order valence-electron chi connectivity index (χ4n) is 2.82. The molecule has 0 bridgehead atoms. The van der Waals surface area contributed by atoms with Crippen molar-refractivity contribution in [2.24, 2.45) is 5.41 Å². The Kier molecular flexibility index (Phi) is 8.75. The van der Waals surface area contributed by atoms with Gasteiger partial charge in [0.1, 0.15) is 11.2 Å². The third kappa shape index (κ3) is 6.66. The molecule has 2 aromatic rings. The van der Waals surface area contributed by atoms with Gasteiger partial charge in [0.15, 0.2) is 0 Å². The lowest BCUT2D eigenvalue weighted by Gasteiger charge is -2.20. The van der Waals surface area contributed by atoms with Crippen LogP contribution in [0.5, 0.6) is 5.75 Å². The molecule has 0 amide bonds. The van der Waals surface area contributed by atoms with Gasteiger partial charge in [0, 0.05) is 6.20 Å². The summed E-state index contributed by atoms with van der Waals surface area (Å²) in [5.74, 6) is 0.763. The second-order valence-corrected chi connectivity index (χ2v) is 6.78. The molecule has 0 saturated carbocycles. The highest BCUT2D eigenvalue weighted by atomic mass is 16.5. The lowest BCUT2D eigenvalue weighted by Crippen LogP contribution is -2.27. The minimum Gasteiger partial charge on any atom is -0.492 e. The molecular weight excluding hydrogens is 344 g/mol. The monoisotopic (exact) mass is 372 g/mol. The predicted octanol–water partition coefficient (Wildman–Crippen LogP) is 3.08. The molecule has 7 heteroatoms. The van der Waals surface area contributed by atoms with Gasteiger partial charge in [-0.2, -0.15) is 10.4 Å². The van der Waals surface area contributed by atoms with E-state index in [1.54, 1.807) is 12.4 Å². The SMILES string of the molecule is N#CC(CO)(CO)CCCCCCCCOc1ccc(-c2ccn[nH]2)nc1. The number of nitriles is 1. The Bertz CT molecular complexity index is 676. The van der Waals surface area contributed by atoms with E-state index in [4.69, 9.17) is 10.00 Å². The van der Waals surface area contributed by atoms with Gasteiger partial charge in [0.2, 0.25) is 0 Å². The summed E-state index contributed by atoms with van der Waals surface area (Å²) in [5.41, 5.74) is 0.739. The van der Waals surface area contributed by atoms with Gasteiger partial charge in [0.25, 0.3) is 0 Å². The van der Waals surface area contributed by atoms with Crippen LogP contribution in [0.4, 0.5) is 0 Å². The Morgan fingerprint density at radius 2 is 1.78 bits per heavy atom. The topological polar surface area (TPSA) is 115 Å². The van der Waals surface area contributed by atoms with Crippen molar-refractivity contribution in [3.8, 4) is 23.2 Å². The first-order chi connectivity index (χ1) is 13.2. The van der Waals surface area contributed by atoms with E-state index in [1.807, 2.05) is 24.3 Å². The highest BCUT2D eigenvalue weighted by Gasteiger charge is 2.27. The lowest BCUT2D eigenvalue weighted by molar-refractivity contribution is 0.0899. The van der Waals surface area contributed by atoms with E-state index in [-0.39, 0.29) is 13.2 Å². The van der Waals surface area contributed by atoms with Gasteiger partial charge in [-0.1, -0.05) is 32.1 Å². The Labute approximate surface area is 160 Å². The van der Waals surface area contributed by atoms with Crippen molar-refractivity contribution >= 4 is 0 Å². The summed E-state index contributed by atoms with van der Waals surface area (Å²) >= 11 is 0. The largest absolute Gasteiger partial charge is 0.492 e. The van der Waals surface area contributed by atoms with Crippen LogP contribution in [-0.4, -0.2) is 45.2 Å². The summed E-state index contributed by atoms with van der Waals surface area (Å²) in [5, 5.41) is 34.3. The second-order valence-electron chi connectivity index (χ2n) is 6.78. The quantitative estimate of drug-likeness (QED) is 0.465. The van der Waals surface area contributed by atoms with E-state index in [0.29, 0.717) is 13.0 Å². The van der Waals surface area contributed by atoms with Gasteiger partial charge in [-0.25, -0.2) is 0 Å². The maximum absolute atomic E-state index is 9.23. The van der Waals surface area contributed by atoms with Crippen LogP contribution in [0.2, 0.25) is 0 Å². The summed E-state index contributed by atoms with van der Waals surface area (Å²) in [6.45, 7) is 0.0990. The van der Waals surface area contributed by atoms with Crippen molar-refractivity contribution in [2.75, 3.05) is 19.8 Å². The minimum atomic E-state index is -0.977. The molecule has 0 spiro atoms. The highest BCUT2D eigenvalue weighted by molar-refractivity contribution is 5.53. The van der Waals surface area contributed by atoms with Crippen LogP contribution in [0, 0.1) is 16.7 Å². The van der Waals surface area contributed by atoms with Crippen molar-refractivity contribution in [2.45, 2.75) is 44.9 Å². The number of aromatic nitrogens is 3. The van der Waals surface area contributed by atoms with Gasteiger partial charge < -0.3 is 14.9 Å². The average Bonchev–Trinajstić information content (AvgIpc) is 3.25. The Hall–Kier alpha value is -2.43. The van der Waals surface area contributed by atoms with Crippen LogP contribution in [0.1, 0.15) is 44.9 Å². The van der Waals surface area contributed by atoms with Crippen molar-refractivity contribution in [3.63, 3.8) is 0 Å². The van der Waals surface area contributed by atoms with Gasteiger partial charge in [-0.15, -0.1) is 0 Å². The molecule has 0 aromatic carbocycles. The third-order valence-corrected chi connectivity index (χ3v) is 4.67.